The smallest absolute Gasteiger partial charge is 0.459 e. The van der Waals surface area contributed by atoms with Gasteiger partial charge >= 0.3 is 18.1 Å². The van der Waals surface area contributed by atoms with Crippen LogP contribution < -0.4 is 0 Å². The van der Waals surface area contributed by atoms with E-state index in [1.54, 1.807) is 0 Å². The molecular formula is C15H13F5O4. The quantitative estimate of drug-likeness (QED) is 0.340. The number of Topliss-reactive ketones (excluding diaryl/α,β-unsaturated/α-hetero) is 2. The van der Waals surface area contributed by atoms with E-state index in [4.69, 9.17) is 4.74 Å². The third kappa shape index (κ3) is 4.36. The molecule has 0 bridgehead atoms. The van der Waals surface area contributed by atoms with Crippen LogP contribution in [0.1, 0.15) is 41.0 Å². The van der Waals surface area contributed by atoms with Gasteiger partial charge < -0.3 is 4.74 Å². The number of benzene rings is 1. The Labute approximate surface area is 133 Å². The predicted octanol–water partition coefficient (Wildman–Crippen LogP) is 3.59. The van der Waals surface area contributed by atoms with Gasteiger partial charge in [-0.3, -0.25) is 9.59 Å². The van der Waals surface area contributed by atoms with E-state index in [1.807, 2.05) is 0 Å². The summed E-state index contributed by atoms with van der Waals surface area (Å²) >= 11 is 0. The molecule has 0 aliphatic heterocycles. The van der Waals surface area contributed by atoms with Crippen molar-refractivity contribution in [2.45, 2.75) is 38.5 Å². The average molecular weight is 352 g/mol. The SMILES string of the molecule is CC(C)OC(=O)c1ccccc1C(=O)CC(=O)C(F)(F)C(F)(F)F. The Bertz CT molecular complexity index is 650. The highest BCUT2D eigenvalue weighted by molar-refractivity contribution is 6.14. The normalized spacial score (nSPS) is 12.2. The van der Waals surface area contributed by atoms with E-state index in [-0.39, 0.29) is 5.56 Å². The molecule has 24 heavy (non-hydrogen) atoms. The molecule has 0 spiro atoms. The summed E-state index contributed by atoms with van der Waals surface area (Å²) in [6.07, 6.45) is -8.34. The number of hydrogen-bond donors (Lipinski definition) is 0. The molecule has 132 valence electrons. The van der Waals surface area contributed by atoms with E-state index in [9.17, 15) is 36.3 Å². The molecule has 0 aromatic heterocycles. The first-order valence-electron chi connectivity index (χ1n) is 6.69. The molecule has 9 heteroatoms. The predicted molar refractivity (Wildman–Crippen MR) is 72.0 cm³/mol. The first kappa shape index (κ1) is 19.7. The highest BCUT2D eigenvalue weighted by Crippen LogP contribution is 2.37. The Hall–Kier alpha value is -2.32. The lowest BCUT2D eigenvalue weighted by Gasteiger charge is -2.18. The molecule has 4 nitrogen and oxygen atoms in total. The fraction of sp³-hybridized carbons (Fsp3) is 0.400. The number of hydrogen-bond acceptors (Lipinski definition) is 4. The maximum Gasteiger partial charge on any atom is 0.461 e. The summed E-state index contributed by atoms with van der Waals surface area (Å²) < 4.78 is 67.1. The molecule has 0 N–H and O–H groups in total. The van der Waals surface area contributed by atoms with Gasteiger partial charge in [-0.2, -0.15) is 22.0 Å². The van der Waals surface area contributed by atoms with Crippen LogP contribution in [0.4, 0.5) is 22.0 Å². The molecule has 1 rings (SSSR count). The third-order valence-corrected chi connectivity index (χ3v) is 2.82. The van der Waals surface area contributed by atoms with E-state index < -0.39 is 47.7 Å². The number of ketones is 2. The van der Waals surface area contributed by atoms with Gasteiger partial charge in [0.15, 0.2) is 5.78 Å². The summed E-state index contributed by atoms with van der Waals surface area (Å²) in [6.45, 7) is 3.05. The summed E-state index contributed by atoms with van der Waals surface area (Å²) in [4.78, 5) is 34.9. The van der Waals surface area contributed by atoms with Gasteiger partial charge in [0.05, 0.1) is 18.1 Å². The highest BCUT2D eigenvalue weighted by Gasteiger charge is 2.62. The molecule has 0 fully saturated rings. The number of rotatable bonds is 6. The van der Waals surface area contributed by atoms with Crippen molar-refractivity contribution in [3.8, 4) is 0 Å². The van der Waals surface area contributed by atoms with Crippen LogP contribution in [-0.2, 0) is 9.53 Å². The van der Waals surface area contributed by atoms with E-state index in [1.165, 1.54) is 26.0 Å². The van der Waals surface area contributed by atoms with Crippen molar-refractivity contribution in [3.63, 3.8) is 0 Å². The lowest BCUT2D eigenvalue weighted by atomic mass is 9.98. The van der Waals surface area contributed by atoms with Crippen molar-refractivity contribution in [1.29, 1.82) is 0 Å². The molecule has 1 aromatic rings. The van der Waals surface area contributed by atoms with Gasteiger partial charge in [0.2, 0.25) is 5.78 Å². The Kier molecular flexibility index (Phi) is 5.80. The molecule has 0 aliphatic rings. The summed E-state index contributed by atoms with van der Waals surface area (Å²) in [5.74, 6) is -10.5. The Morgan fingerprint density at radius 2 is 1.50 bits per heavy atom. The number of esters is 1. The number of ether oxygens (including phenoxy) is 1. The van der Waals surface area contributed by atoms with Crippen LogP contribution in [0.5, 0.6) is 0 Å². The third-order valence-electron chi connectivity index (χ3n) is 2.82. The molecule has 0 saturated heterocycles. The van der Waals surface area contributed by atoms with Gasteiger partial charge in [0, 0.05) is 5.56 Å². The van der Waals surface area contributed by atoms with Crippen molar-refractivity contribution in [2.75, 3.05) is 0 Å². The molecule has 0 atom stereocenters. The Morgan fingerprint density at radius 3 is 1.96 bits per heavy atom. The maximum atomic E-state index is 12.9. The minimum Gasteiger partial charge on any atom is -0.459 e. The molecule has 0 unspecified atom stereocenters. The van der Waals surface area contributed by atoms with Crippen LogP contribution in [0.3, 0.4) is 0 Å². The van der Waals surface area contributed by atoms with Gasteiger partial charge in [-0.25, -0.2) is 4.79 Å². The summed E-state index contributed by atoms with van der Waals surface area (Å²) in [5.41, 5.74) is -0.784. The zero-order chi connectivity index (χ0) is 18.7. The zero-order valence-electron chi connectivity index (χ0n) is 12.6. The first-order valence-corrected chi connectivity index (χ1v) is 6.69. The maximum absolute atomic E-state index is 12.9. The van der Waals surface area contributed by atoms with Gasteiger partial charge in [-0.15, -0.1) is 0 Å². The zero-order valence-corrected chi connectivity index (χ0v) is 12.6. The molecule has 0 saturated carbocycles. The van der Waals surface area contributed by atoms with E-state index in [0.717, 1.165) is 12.1 Å². The van der Waals surface area contributed by atoms with Crippen molar-refractivity contribution >= 4 is 17.5 Å². The van der Waals surface area contributed by atoms with Crippen LogP contribution in [0.25, 0.3) is 0 Å². The van der Waals surface area contributed by atoms with Gasteiger partial charge in [0.25, 0.3) is 0 Å². The van der Waals surface area contributed by atoms with Crippen LogP contribution in [0.15, 0.2) is 24.3 Å². The Morgan fingerprint density at radius 1 is 1.00 bits per heavy atom. The first-order chi connectivity index (χ1) is 10.9. The molecule has 0 heterocycles. The number of carbonyl (C=O) groups excluding carboxylic acids is 3. The molecule has 1 aromatic carbocycles. The van der Waals surface area contributed by atoms with E-state index >= 15 is 0 Å². The monoisotopic (exact) mass is 352 g/mol. The van der Waals surface area contributed by atoms with Crippen molar-refractivity contribution in [3.05, 3.63) is 35.4 Å². The van der Waals surface area contributed by atoms with Crippen LogP contribution in [0.2, 0.25) is 0 Å². The van der Waals surface area contributed by atoms with E-state index in [2.05, 4.69) is 0 Å². The fourth-order valence-corrected chi connectivity index (χ4v) is 1.69. The summed E-state index contributed by atoms with van der Waals surface area (Å²) in [7, 11) is 0. The lowest BCUT2D eigenvalue weighted by molar-refractivity contribution is -0.268. The molecule has 0 amide bonds. The Balaban J connectivity index is 3.05. The van der Waals surface area contributed by atoms with Crippen molar-refractivity contribution in [1.82, 2.24) is 0 Å². The largest absolute Gasteiger partial charge is 0.461 e. The molecule has 0 radical (unpaired) electrons. The number of alkyl halides is 5. The van der Waals surface area contributed by atoms with Gasteiger partial charge in [0.1, 0.15) is 0 Å². The summed E-state index contributed by atoms with van der Waals surface area (Å²) in [6, 6.07) is 4.80. The minimum absolute atomic E-state index is 0.320. The van der Waals surface area contributed by atoms with Gasteiger partial charge in [-0.05, 0) is 19.9 Å². The minimum atomic E-state index is -6.10. The second-order valence-corrected chi connectivity index (χ2v) is 5.09. The second-order valence-electron chi connectivity index (χ2n) is 5.09. The van der Waals surface area contributed by atoms with Crippen LogP contribution in [0, 0.1) is 0 Å². The van der Waals surface area contributed by atoms with Crippen LogP contribution in [-0.4, -0.2) is 35.7 Å². The highest BCUT2D eigenvalue weighted by atomic mass is 19.4. The number of halogens is 5. The van der Waals surface area contributed by atoms with Crippen molar-refractivity contribution < 1.29 is 41.1 Å². The number of carbonyl (C=O) groups is 3. The molecular weight excluding hydrogens is 339 g/mol. The molecule has 0 aliphatic carbocycles. The average Bonchev–Trinajstić information content (AvgIpc) is 2.45. The van der Waals surface area contributed by atoms with E-state index in [0.29, 0.717) is 0 Å². The summed E-state index contributed by atoms with van der Waals surface area (Å²) in [5, 5.41) is 0. The van der Waals surface area contributed by atoms with Crippen molar-refractivity contribution in [2.24, 2.45) is 0 Å². The van der Waals surface area contributed by atoms with Crippen LogP contribution >= 0.6 is 0 Å². The fourth-order valence-electron chi connectivity index (χ4n) is 1.69. The van der Waals surface area contributed by atoms with Gasteiger partial charge in [-0.1, -0.05) is 18.2 Å². The topological polar surface area (TPSA) is 60.4 Å². The lowest BCUT2D eigenvalue weighted by Crippen LogP contribution is -2.44. The standard InChI is InChI=1S/C15H13F5O4/c1-8(2)24-13(23)10-6-4-3-5-9(10)11(21)7-12(22)14(16,17)15(18,19)20/h3-6,8H,7H2,1-2H3. The second kappa shape index (κ2) is 7.06.